The van der Waals surface area contributed by atoms with Crippen LogP contribution in [-0.4, -0.2) is 44.2 Å². The summed E-state index contributed by atoms with van der Waals surface area (Å²) in [6.45, 7) is 3.30. The van der Waals surface area contributed by atoms with Crippen molar-refractivity contribution >= 4 is 26.7 Å². The minimum Gasteiger partial charge on any atom is -0.497 e. The van der Waals surface area contributed by atoms with Crippen LogP contribution in [0.5, 0.6) is 5.75 Å². The summed E-state index contributed by atoms with van der Waals surface area (Å²) in [5.74, 6) is 0.529. The molecule has 0 saturated carbocycles. The van der Waals surface area contributed by atoms with Crippen LogP contribution >= 0.6 is 11.3 Å². The van der Waals surface area contributed by atoms with Crippen LogP contribution in [0.3, 0.4) is 0 Å². The average Bonchev–Trinajstić information content (AvgIpc) is 3.14. The fourth-order valence-corrected chi connectivity index (χ4v) is 3.98. The van der Waals surface area contributed by atoms with Gasteiger partial charge in [0, 0.05) is 32.0 Å². The SMILES string of the molecule is COc1ccc2sc(N3CCC4(CC3)OCCO4)nc2c1. The normalized spacial score (nSPS) is 21.3. The van der Waals surface area contributed by atoms with E-state index in [9.17, 15) is 0 Å². The monoisotopic (exact) mass is 306 g/mol. The first-order valence-electron chi connectivity index (χ1n) is 7.25. The Morgan fingerprint density at radius 1 is 1.24 bits per heavy atom. The Labute approximate surface area is 127 Å². The summed E-state index contributed by atoms with van der Waals surface area (Å²) >= 11 is 1.73. The number of benzene rings is 1. The number of nitrogens with zero attached hydrogens (tertiary/aromatic N) is 2. The number of hydrogen-bond donors (Lipinski definition) is 0. The van der Waals surface area contributed by atoms with Gasteiger partial charge in [0.1, 0.15) is 5.75 Å². The Bertz CT molecular complexity index is 641. The van der Waals surface area contributed by atoms with E-state index in [1.165, 1.54) is 4.70 Å². The zero-order chi connectivity index (χ0) is 14.3. The molecule has 1 aromatic carbocycles. The highest BCUT2D eigenvalue weighted by Gasteiger charge is 2.40. The van der Waals surface area contributed by atoms with E-state index in [-0.39, 0.29) is 5.79 Å². The van der Waals surface area contributed by atoms with Crippen LogP contribution in [0.4, 0.5) is 5.13 Å². The summed E-state index contributed by atoms with van der Waals surface area (Å²) < 4.78 is 18.0. The number of thiazole rings is 1. The maximum atomic E-state index is 5.77. The highest BCUT2D eigenvalue weighted by molar-refractivity contribution is 7.22. The molecule has 112 valence electrons. The molecule has 4 rings (SSSR count). The summed E-state index contributed by atoms with van der Waals surface area (Å²) in [4.78, 5) is 7.07. The topological polar surface area (TPSA) is 43.8 Å². The zero-order valence-corrected chi connectivity index (χ0v) is 12.8. The number of rotatable bonds is 2. The average molecular weight is 306 g/mol. The molecule has 3 heterocycles. The number of aromatic nitrogens is 1. The molecule has 21 heavy (non-hydrogen) atoms. The third kappa shape index (κ3) is 2.37. The maximum absolute atomic E-state index is 5.77. The summed E-state index contributed by atoms with van der Waals surface area (Å²) in [6.07, 6.45) is 1.82. The van der Waals surface area contributed by atoms with Crippen LogP contribution in [0.15, 0.2) is 18.2 Å². The molecule has 2 fully saturated rings. The number of hydrogen-bond acceptors (Lipinski definition) is 6. The summed E-state index contributed by atoms with van der Waals surface area (Å²) in [7, 11) is 1.68. The van der Waals surface area contributed by atoms with Gasteiger partial charge in [0.2, 0.25) is 0 Å². The minimum absolute atomic E-state index is 0.323. The lowest BCUT2D eigenvalue weighted by molar-refractivity contribution is -0.169. The molecule has 0 radical (unpaired) electrons. The molecule has 1 aromatic heterocycles. The molecule has 2 aliphatic heterocycles. The van der Waals surface area contributed by atoms with Gasteiger partial charge in [0.25, 0.3) is 0 Å². The van der Waals surface area contributed by atoms with Gasteiger partial charge in [-0.2, -0.15) is 0 Å². The lowest BCUT2D eigenvalue weighted by atomic mass is 10.0. The number of anilines is 1. The van der Waals surface area contributed by atoms with Crippen LogP contribution in [0.1, 0.15) is 12.8 Å². The molecular formula is C15H18N2O3S. The van der Waals surface area contributed by atoms with E-state index in [2.05, 4.69) is 11.0 Å². The molecule has 0 amide bonds. The molecule has 0 bridgehead atoms. The lowest BCUT2D eigenvalue weighted by Gasteiger charge is -2.37. The summed E-state index contributed by atoms with van der Waals surface area (Å²) in [5.41, 5.74) is 1.00. The first-order valence-corrected chi connectivity index (χ1v) is 8.07. The van der Waals surface area contributed by atoms with E-state index in [1.54, 1.807) is 18.4 Å². The fraction of sp³-hybridized carbons (Fsp3) is 0.533. The first kappa shape index (κ1) is 13.3. The predicted octanol–water partition coefficient (Wildman–Crippen LogP) is 2.65. The quantitative estimate of drug-likeness (QED) is 0.853. The van der Waals surface area contributed by atoms with Crippen molar-refractivity contribution in [3.63, 3.8) is 0 Å². The largest absolute Gasteiger partial charge is 0.497 e. The third-order valence-electron chi connectivity index (χ3n) is 4.19. The molecule has 6 heteroatoms. The maximum Gasteiger partial charge on any atom is 0.186 e. The Morgan fingerprint density at radius 3 is 2.71 bits per heavy atom. The molecule has 0 aliphatic carbocycles. The van der Waals surface area contributed by atoms with E-state index < -0.39 is 0 Å². The third-order valence-corrected chi connectivity index (χ3v) is 5.29. The van der Waals surface area contributed by atoms with Crippen molar-refractivity contribution in [3.05, 3.63) is 18.2 Å². The van der Waals surface area contributed by atoms with Crippen LogP contribution in [-0.2, 0) is 9.47 Å². The van der Waals surface area contributed by atoms with Gasteiger partial charge in [-0.3, -0.25) is 0 Å². The standard InChI is InChI=1S/C15H18N2O3S/c1-18-11-2-3-13-12(10-11)16-14(21-13)17-6-4-15(5-7-17)19-8-9-20-15/h2-3,10H,4-9H2,1H3. The van der Waals surface area contributed by atoms with Gasteiger partial charge in [0.05, 0.1) is 30.5 Å². The van der Waals surface area contributed by atoms with E-state index in [1.807, 2.05) is 12.1 Å². The first-order chi connectivity index (χ1) is 10.3. The molecule has 2 aromatic rings. The van der Waals surface area contributed by atoms with Crippen molar-refractivity contribution in [2.45, 2.75) is 18.6 Å². The Morgan fingerprint density at radius 2 is 2.00 bits per heavy atom. The van der Waals surface area contributed by atoms with Gasteiger partial charge >= 0.3 is 0 Å². The Hall–Kier alpha value is -1.37. The fourth-order valence-electron chi connectivity index (χ4n) is 2.98. The number of fused-ring (bicyclic) bond motifs is 1. The van der Waals surface area contributed by atoms with Crippen molar-refractivity contribution in [3.8, 4) is 5.75 Å². The van der Waals surface area contributed by atoms with E-state index >= 15 is 0 Å². The van der Waals surface area contributed by atoms with Crippen LogP contribution in [0.25, 0.3) is 10.2 Å². The molecule has 5 nitrogen and oxygen atoms in total. The molecular weight excluding hydrogens is 288 g/mol. The van der Waals surface area contributed by atoms with Gasteiger partial charge in [-0.1, -0.05) is 11.3 Å². The second kappa shape index (κ2) is 5.12. The smallest absolute Gasteiger partial charge is 0.186 e. The molecule has 0 atom stereocenters. The summed E-state index contributed by atoms with van der Waals surface area (Å²) in [6, 6.07) is 6.05. The molecule has 0 unspecified atom stereocenters. The predicted molar refractivity (Wildman–Crippen MR) is 82.3 cm³/mol. The van der Waals surface area contributed by atoms with Crippen molar-refractivity contribution < 1.29 is 14.2 Å². The van der Waals surface area contributed by atoms with Crippen molar-refractivity contribution in [1.29, 1.82) is 0 Å². The van der Waals surface area contributed by atoms with Gasteiger partial charge < -0.3 is 19.1 Å². The second-order valence-corrected chi connectivity index (χ2v) is 6.43. The number of piperidine rings is 1. The van der Waals surface area contributed by atoms with E-state index in [0.29, 0.717) is 0 Å². The lowest BCUT2D eigenvalue weighted by Crippen LogP contribution is -2.45. The molecule has 0 N–H and O–H groups in total. The van der Waals surface area contributed by atoms with E-state index in [4.69, 9.17) is 19.2 Å². The van der Waals surface area contributed by atoms with E-state index in [0.717, 1.165) is 55.5 Å². The van der Waals surface area contributed by atoms with Gasteiger partial charge in [-0.15, -0.1) is 0 Å². The molecule has 2 saturated heterocycles. The van der Waals surface area contributed by atoms with Gasteiger partial charge in [0.15, 0.2) is 10.9 Å². The van der Waals surface area contributed by atoms with Gasteiger partial charge in [-0.25, -0.2) is 4.98 Å². The van der Waals surface area contributed by atoms with Gasteiger partial charge in [-0.05, 0) is 12.1 Å². The van der Waals surface area contributed by atoms with Crippen LogP contribution < -0.4 is 9.64 Å². The zero-order valence-electron chi connectivity index (χ0n) is 12.0. The second-order valence-electron chi connectivity index (χ2n) is 5.42. The van der Waals surface area contributed by atoms with Crippen molar-refractivity contribution in [2.75, 3.05) is 38.3 Å². The number of methoxy groups -OCH3 is 1. The highest BCUT2D eigenvalue weighted by atomic mass is 32.1. The van der Waals surface area contributed by atoms with Crippen LogP contribution in [0.2, 0.25) is 0 Å². The molecule has 1 spiro atoms. The highest BCUT2D eigenvalue weighted by Crippen LogP contribution is 2.36. The van der Waals surface area contributed by atoms with Crippen molar-refractivity contribution in [1.82, 2.24) is 4.98 Å². The van der Waals surface area contributed by atoms with Crippen LogP contribution in [0, 0.1) is 0 Å². The van der Waals surface area contributed by atoms with Crippen molar-refractivity contribution in [2.24, 2.45) is 0 Å². The number of ether oxygens (including phenoxy) is 3. The molecule has 2 aliphatic rings. The summed E-state index contributed by atoms with van der Waals surface area (Å²) in [5, 5.41) is 1.08. The minimum atomic E-state index is -0.323. The Kier molecular flexibility index (Phi) is 3.24. The Balaban J connectivity index is 1.54.